The van der Waals surface area contributed by atoms with Crippen molar-refractivity contribution in [3.8, 4) is 11.5 Å². The highest BCUT2D eigenvalue weighted by Crippen LogP contribution is 2.28. The van der Waals surface area contributed by atoms with E-state index in [1.807, 2.05) is 42.5 Å². The van der Waals surface area contributed by atoms with Crippen LogP contribution in [0.2, 0.25) is 5.02 Å². The van der Waals surface area contributed by atoms with Crippen molar-refractivity contribution in [1.82, 2.24) is 0 Å². The summed E-state index contributed by atoms with van der Waals surface area (Å²) >= 11 is 5.90. The number of ether oxygens (including phenoxy) is 5. The number of rotatable bonds is 2. The zero-order chi connectivity index (χ0) is 19.4. The molecule has 0 spiro atoms. The normalized spacial score (nSPS) is 17.0. The Morgan fingerprint density at radius 2 is 1.25 bits per heavy atom. The number of halogens is 1. The third kappa shape index (κ3) is 7.13. The van der Waals surface area contributed by atoms with Crippen LogP contribution < -0.4 is 9.47 Å². The molecule has 3 rings (SSSR count). The molecule has 150 valence electrons. The van der Waals surface area contributed by atoms with Gasteiger partial charge in [-0.25, -0.2) is 0 Å². The zero-order valence-electron chi connectivity index (χ0n) is 15.6. The maximum Gasteiger partial charge on any atom is 0.161 e. The van der Waals surface area contributed by atoms with Crippen molar-refractivity contribution < 1.29 is 23.7 Å². The average Bonchev–Trinajstić information content (AvgIpc) is 2.72. The Balaban J connectivity index is 1.67. The van der Waals surface area contributed by atoms with E-state index in [2.05, 4.69) is 4.99 Å². The van der Waals surface area contributed by atoms with Crippen molar-refractivity contribution in [3.05, 3.63) is 53.1 Å². The van der Waals surface area contributed by atoms with E-state index in [0.29, 0.717) is 69.4 Å². The second-order valence-electron chi connectivity index (χ2n) is 5.97. The van der Waals surface area contributed by atoms with Crippen LogP contribution in [0.4, 0.5) is 5.69 Å². The molecular formula is C21H24ClNO5. The van der Waals surface area contributed by atoms with Gasteiger partial charge in [0.2, 0.25) is 0 Å². The molecule has 0 saturated carbocycles. The zero-order valence-corrected chi connectivity index (χ0v) is 16.4. The van der Waals surface area contributed by atoms with E-state index in [0.717, 1.165) is 11.3 Å². The molecule has 1 aliphatic heterocycles. The first kappa shape index (κ1) is 20.6. The monoisotopic (exact) mass is 405 g/mol. The topological polar surface area (TPSA) is 58.5 Å². The minimum absolute atomic E-state index is 0.421. The molecule has 28 heavy (non-hydrogen) atoms. The fourth-order valence-corrected chi connectivity index (χ4v) is 2.60. The minimum atomic E-state index is 0.421. The molecule has 0 bridgehead atoms. The predicted molar refractivity (Wildman–Crippen MR) is 109 cm³/mol. The second-order valence-corrected chi connectivity index (χ2v) is 6.41. The molecule has 6 nitrogen and oxygen atoms in total. The summed E-state index contributed by atoms with van der Waals surface area (Å²) in [5.74, 6) is 1.31. The average molecular weight is 406 g/mol. The molecule has 0 unspecified atom stereocenters. The van der Waals surface area contributed by atoms with Crippen LogP contribution in [0.5, 0.6) is 11.5 Å². The molecule has 0 fully saturated rings. The van der Waals surface area contributed by atoms with Gasteiger partial charge in [0, 0.05) is 11.2 Å². The fourth-order valence-electron chi connectivity index (χ4n) is 2.48. The number of fused-ring (bicyclic) bond motifs is 1. The molecular weight excluding hydrogens is 382 g/mol. The summed E-state index contributed by atoms with van der Waals surface area (Å²) in [7, 11) is 0. The summed E-state index contributed by atoms with van der Waals surface area (Å²) in [6.07, 6.45) is 1.78. The van der Waals surface area contributed by atoms with Crippen molar-refractivity contribution in [2.24, 2.45) is 4.99 Å². The Morgan fingerprint density at radius 3 is 1.89 bits per heavy atom. The Kier molecular flexibility index (Phi) is 8.58. The first-order chi connectivity index (χ1) is 13.8. The van der Waals surface area contributed by atoms with Gasteiger partial charge in [0.25, 0.3) is 0 Å². The third-order valence-corrected chi connectivity index (χ3v) is 4.12. The van der Waals surface area contributed by atoms with Crippen LogP contribution in [0.3, 0.4) is 0 Å². The molecule has 0 atom stereocenters. The van der Waals surface area contributed by atoms with E-state index in [1.54, 1.807) is 6.21 Å². The summed E-state index contributed by atoms with van der Waals surface area (Å²) in [6.45, 7) is 3.97. The Labute approximate surface area is 170 Å². The van der Waals surface area contributed by atoms with Gasteiger partial charge in [-0.05, 0) is 48.0 Å². The van der Waals surface area contributed by atoms with Crippen molar-refractivity contribution in [1.29, 1.82) is 0 Å². The molecule has 1 aliphatic rings. The summed E-state index contributed by atoms with van der Waals surface area (Å²) in [4.78, 5) is 4.46. The molecule has 0 amide bonds. The summed E-state index contributed by atoms with van der Waals surface area (Å²) in [5, 5.41) is 0.685. The predicted octanol–water partition coefficient (Wildman–Crippen LogP) is 3.91. The van der Waals surface area contributed by atoms with Gasteiger partial charge >= 0.3 is 0 Å². The fraction of sp³-hybridized carbons (Fsp3) is 0.381. The SMILES string of the molecule is Clc1ccc(N=Cc2ccc3c(c2)OCCOCCOCCOCCO3)cc1. The van der Waals surface area contributed by atoms with Gasteiger partial charge in [0.1, 0.15) is 13.2 Å². The standard InChI is InChI=1S/C21H24ClNO5/c22-18-2-4-19(5-3-18)23-16-17-1-6-20-21(15-17)28-14-12-26-10-8-24-7-9-25-11-13-27-20/h1-6,15-16H,7-14H2. The molecule has 7 heteroatoms. The number of benzene rings is 2. The highest BCUT2D eigenvalue weighted by atomic mass is 35.5. The minimum Gasteiger partial charge on any atom is -0.487 e. The molecule has 0 aliphatic carbocycles. The lowest BCUT2D eigenvalue weighted by Crippen LogP contribution is -2.13. The molecule has 0 saturated heterocycles. The summed E-state index contributed by atoms with van der Waals surface area (Å²) < 4.78 is 28.1. The van der Waals surface area contributed by atoms with Crippen LogP contribution in [-0.4, -0.2) is 59.1 Å². The quantitative estimate of drug-likeness (QED) is 0.709. The third-order valence-electron chi connectivity index (χ3n) is 3.87. The molecule has 0 N–H and O–H groups in total. The van der Waals surface area contributed by atoms with E-state index in [4.69, 9.17) is 35.3 Å². The Morgan fingerprint density at radius 1 is 0.679 bits per heavy atom. The highest BCUT2D eigenvalue weighted by molar-refractivity contribution is 6.30. The van der Waals surface area contributed by atoms with Crippen LogP contribution >= 0.6 is 11.6 Å². The van der Waals surface area contributed by atoms with Gasteiger partial charge in [-0.15, -0.1) is 0 Å². The van der Waals surface area contributed by atoms with E-state index >= 15 is 0 Å². The molecule has 2 aromatic carbocycles. The lowest BCUT2D eigenvalue weighted by molar-refractivity contribution is 0.00708. The van der Waals surface area contributed by atoms with E-state index in [1.165, 1.54) is 0 Å². The van der Waals surface area contributed by atoms with Crippen LogP contribution in [0, 0.1) is 0 Å². The smallest absolute Gasteiger partial charge is 0.161 e. The van der Waals surface area contributed by atoms with Crippen LogP contribution in [0.25, 0.3) is 0 Å². The highest BCUT2D eigenvalue weighted by Gasteiger charge is 2.07. The summed E-state index contributed by atoms with van der Waals surface area (Å²) in [6, 6.07) is 13.1. The lowest BCUT2D eigenvalue weighted by atomic mass is 10.2. The van der Waals surface area contributed by atoms with E-state index < -0.39 is 0 Å². The first-order valence-corrected chi connectivity index (χ1v) is 9.61. The molecule has 0 aromatic heterocycles. The van der Waals surface area contributed by atoms with Gasteiger partial charge < -0.3 is 23.7 Å². The molecule has 1 heterocycles. The van der Waals surface area contributed by atoms with Crippen LogP contribution in [-0.2, 0) is 14.2 Å². The Bertz CT molecular complexity index is 751. The van der Waals surface area contributed by atoms with Gasteiger partial charge in [0.15, 0.2) is 11.5 Å². The first-order valence-electron chi connectivity index (χ1n) is 9.24. The maximum absolute atomic E-state index is 5.90. The Hall–Kier alpha value is -2.12. The maximum atomic E-state index is 5.90. The van der Waals surface area contributed by atoms with Crippen LogP contribution in [0.15, 0.2) is 47.5 Å². The van der Waals surface area contributed by atoms with Crippen molar-refractivity contribution in [3.63, 3.8) is 0 Å². The number of hydrogen-bond acceptors (Lipinski definition) is 6. The van der Waals surface area contributed by atoms with Gasteiger partial charge in [-0.3, -0.25) is 4.99 Å². The van der Waals surface area contributed by atoms with Crippen molar-refractivity contribution >= 4 is 23.5 Å². The van der Waals surface area contributed by atoms with Gasteiger partial charge in [-0.2, -0.15) is 0 Å². The van der Waals surface area contributed by atoms with E-state index in [-0.39, 0.29) is 0 Å². The summed E-state index contributed by atoms with van der Waals surface area (Å²) in [5.41, 5.74) is 1.73. The second kappa shape index (κ2) is 11.7. The van der Waals surface area contributed by atoms with Gasteiger partial charge in [-0.1, -0.05) is 11.6 Å². The molecule has 2 aromatic rings. The van der Waals surface area contributed by atoms with Crippen LogP contribution in [0.1, 0.15) is 5.56 Å². The van der Waals surface area contributed by atoms with Crippen molar-refractivity contribution in [2.45, 2.75) is 0 Å². The van der Waals surface area contributed by atoms with Gasteiger partial charge in [0.05, 0.1) is 45.3 Å². The number of hydrogen-bond donors (Lipinski definition) is 0. The number of nitrogens with zero attached hydrogens (tertiary/aromatic N) is 1. The lowest BCUT2D eigenvalue weighted by Gasteiger charge is -2.13. The number of aliphatic imine (C=N–C) groups is 1. The van der Waals surface area contributed by atoms with E-state index in [9.17, 15) is 0 Å². The molecule has 0 radical (unpaired) electrons. The largest absolute Gasteiger partial charge is 0.487 e. The van der Waals surface area contributed by atoms with Crippen molar-refractivity contribution in [2.75, 3.05) is 52.9 Å².